The van der Waals surface area contributed by atoms with Crippen LogP contribution in [-0.2, 0) is 11.2 Å². The van der Waals surface area contributed by atoms with Crippen LogP contribution < -0.4 is 15.5 Å². The molecule has 0 atom stereocenters. The molecule has 170 valence electrons. The highest BCUT2D eigenvalue weighted by atomic mass is 16.5. The molecule has 10 nitrogen and oxygen atoms in total. The molecular weight excluding hydrogens is 424 g/mol. The van der Waals surface area contributed by atoms with Crippen LogP contribution in [0, 0.1) is 0 Å². The molecule has 2 amide bonds. The number of carboxylic acid groups (broad SMARTS) is 1. The van der Waals surface area contributed by atoms with E-state index in [1.54, 1.807) is 24.3 Å². The maximum atomic E-state index is 12.3. The zero-order chi connectivity index (χ0) is 23.2. The minimum Gasteiger partial charge on any atom is -0.478 e. The lowest BCUT2D eigenvalue weighted by Gasteiger charge is -2.27. The van der Waals surface area contributed by atoms with Crippen molar-refractivity contribution < 1.29 is 19.4 Å². The maximum Gasteiger partial charge on any atom is 0.335 e. The van der Waals surface area contributed by atoms with E-state index < -0.39 is 12.0 Å². The van der Waals surface area contributed by atoms with Crippen molar-refractivity contribution in [2.75, 3.05) is 41.8 Å². The standard InChI is InChI=1S/C23H24N6O4/c1-2-19-26-20(28-22(27-19)29-10-12-33-13-11-29)15-6-8-17(9-7-15)24-23(32)25-18-5-3-4-16(14-18)21(30)31/h3-9,14H,2,10-13H2,1H3,(H,30,31)(H2,24,25,32). The molecule has 0 spiro atoms. The summed E-state index contributed by atoms with van der Waals surface area (Å²) in [6, 6.07) is 12.7. The summed E-state index contributed by atoms with van der Waals surface area (Å²) in [6.07, 6.45) is 0.690. The second-order valence-electron chi connectivity index (χ2n) is 7.37. The van der Waals surface area contributed by atoms with Crippen LogP contribution in [0.4, 0.5) is 22.1 Å². The van der Waals surface area contributed by atoms with Crippen molar-refractivity contribution in [2.45, 2.75) is 13.3 Å². The Morgan fingerprint density at radius 3 is 2.42 bits per heavy atom. The van der Waals surface area contributed by atoms with Gasteiger partial charge in [0.15, 0.2) is 5.82 Å². The van der Waals surface area contributed by atoms with Crippen molar-refractivity contribution in [3.63, 3.8) is 0 Å². The van der Waals surface area contributed by atoms with Gasteiger partial charge < -0.3 is 25.4 Å². The van der Waals surface area contributed by atoms with Gasteiger partial charge in [-0.3, -0.25) is 0 Å². The van der Waals surface area contributed by atoms with E-state index in [9.17, 15) is 9.59 Å². The predicted octanol–water partition coefficient (Wildman–Crippen LogP) is 3.28. The van der Waals surface area contributed by atoms with Gasteiger partial charge in [-0.25, -0.2) is 14.6 Å². The Hall–Kier alpha value is -4.05. The van der Waals surface area contributed by atoms with Crippen molar-refractivity contribution in [3.05, 3.63) is 59.9 Å². The summed E-state index contributed by atoms with van der Waals surface area (Å²) in [5.41, 5.74) is 1.86. The Kier molecular flexibility index (Phi) is 6.75. The van der Waals surface area contributed by atoms with Gasteiger partial charge in [0.25, 0.3) is 0 Å². The topological polar surface area (TPSA) is 130 Å². The Bertz CT molecular complexity index is 1150. The third kappa shape index (κ3) is 5.60. The van der Waals surface area contributed by atoms with Crippen LogP contribution >= 0.6 is 0 Å². The third-order valence-corrected chi connectivity index (χ3v) is 5.05. The monoisotopic (exact) mass is 448 g/mol. The molecule has 1 aliphatic rings. The number of nitrogens with one attached hydrogen (secondary N) is 2. The van der Waals surface area contributed by atoms with E-state index in [0.29, 0.717) is 48.6 Å². The summed E-state index contributed by atoms with van der Waals surface area (Å²) in [7, 11) is 0. The average molecular weight is 448 g/mol. The first-order valence-corrected chi connectivity index (χ1v) is 10.6. The molecule has 1 aliphatic heterocycles. The number of nitrogens with zero attached hydrogens (tertiary/aromatic N) is 4. The van der Waals surface area contributed by atoms with E-state index in [1.165, 1.54) is 12.1 Å². The van der Waals surface area contributed by atoms with Crippen LogP contribution in [0.3, 0.4) is 0 Å². The van der Waals surface area contributed by atoms with E-state index in [0.717, 1.165) is 18.7 Å². The molecule has 4 rings (SSSR count). The van der Waals surface area contributed by atoms with Crippen LogP contribution in [0.15, 0.2) is 48.5 Å². The number of ether oxygens (including phenoxy) is 1. The summed E-state index contributed by atoms with van der Waals surface area (Å²) >= 11 is 0. The largest absolute Gasteiger partial charge is 0.478 e. The molecule has 0 unspecified atom stereocenters. The number of aryl methyl sites for hydroxylation is 1. The number of carboxylic acids is 1. The van der Waals surface area contributed by atoms with Crippen LogP contribution in [-0.4, -0.2) is 58.4 Å². The summed E-state index contributed by atoms with van der Waals surface area (Å²) in [5.74, 6) is 0.873. The lowest BCUT2D eigenvalue weighted by Crippen LogP contribution is -2.37. The molecule has 0 saturated carbocycles. The molecular formula is C23H24N6O4. The second-order valence-corrected chi connectivity index (χ2v) is 7.37. The summed E-state index contributed by atoms with van der Waals surface area (Å²) in [5, 5.41) is 14.4. The Morgan fingerprint density at radius 2 is 1.73 bits per heavy atom. The lowest BCUT2D eigenvalue weighted by molar-refractivity contribution is 0.0697. The number of rotatable bonds is 6. The van der Waals surface area contributed by atoms with Crippen molar-refractivity contribution in [1.29, 1.82) is 0 Å². The highest BCUT2D eigenvalue weighted by Gasteiger charge is 2.17. The van der Waals surface area contributed by atoms with E-state index in [1.807, 2.05) is 19.1 Å². The van der Waals surface area contributed by atoms with Crippen LogP contribution in [0.1, 0.15) is 23.1 Å². The number of hydrogen-bond donors (Lipinski definition) is 3. The SMILES string of the molecule is CCc1nc(-c2ccc(NC(=O)Nc3cccc(C(=O)O)c3)cc2)nc(N2CCOCC2)n1. The molecule has 0 aliphatic carbocycles. The average Bonchev–Trinajstić information content (AvgIpc) is 2.85. The Balaban J connectivity index is 1.46. The number of hydrogen-bond acceptors (Lipinski definition) is 7. The van der Waals surface area contributed by atoms with Crippen molar-refractivity contribution in [2.24, 2.45) is 0 Å². The smallest absolute Gasteiger partial charge is 0.335 e. The van der Waals surface area contributed by atoms with Crippen molar-refractivity contribution in [3.8, 4) is 11.4 Å². The van der Waals surface area contributed by atoms with Crippen molar-refractivity contribution in [1.82, 2.24) is 15.0 Å². The first-order valence-electron chi connectivity index (χ1n) is 10.6. The van der Waals surface area contributed by atoms with E-state index in [2.05, 4.69) is 30.5 Å². The van der Waals surface area contributed by atoms with Gasteiger partial charge in [0.2, 0.25) is 5.95 Å². The van der Waals surface area contributed by atoms with Gasteiger partial charge in [0.1, 0.15) is 5.82 Å². The number of aromatic carboxylic acids is 1. The van der Waals surface area contributed by atoms with E-state index >= 15 is 0 Å². The van der Waals surface area contributed by atoms with Crippen molar-refractivity contribution >= 4 is 29.3 Å². The highest BCUT2D eigenvalue weighted by Crippen LogP contribution is 2.21. The minimum atomic E-state index is -1.06. The molecule has 3 N–H and O–H groups in total. The van der Waals surface area contributed by atoms with Crippen LogP contribution in [0.5, 0.6) is 0 Å². The zero-order valence-corrected chi connectivity index (χ0v) is 18.1. The number of morpholine rings is 1. The fourth-order valence-corrected chi connectivity index (χ4v) is 3.33. The number of anilines is 3. The molecule has 0 bridgehead atoms. The lowest BCUT2D eigenvalue weighted by atomic mass is 10.2. The second kappa shape index (κ2) is 10.0. The first-order chi connectivity index (χ1) is 16.0. The summed E-state index contributed by atoms with van der Waals surface area (Å²) in [4.78, 5) is 39.2. The van der Waals surface area contributed by atoms with Gasteiger partial charge in [0.05, 0.1) is 18.8 Å². The molecule has 1 fully saturated rings. The van der Waals surface area contributed by atoms with Crippen LogP contribution in [0.2, 0.25) is 0 Å². The van der Waals surface area contributed by atoms with Gasteiger partial charge in [-0.1, -0.05) is 13.0 Å². The predicted molar refractivity (Wildman–Crippen MR) is 124 cm³/mol. The number of aromatic nitrogens is 3. The molecule has 2 aromatic carbocycles. The number of amides is 2. The minimum absolute atomic E-state index is 0.0948. The number of benzene rings is 2. The highest BCUT2D eigenvalue weighted by molar-refractivity contribution is 6.00. The van der Waals surface area contributed by atoms with Gasteiger partial charge >= 0.3 is 12.0 Å². The Labute approximate surface area is 190 Å². The molecule has 10 heteroatoms. The van der Waals surface area contributed by atoms with Gasteiger partial charge in [0, 0.05) is 36.4 Å². The summed E-state index contributed by atoms with van der Waals surface area (Å²) in [6.45, 7) is 4.76. The fourth-order valence-electron chi connectivity index (χ4n) is 3.33. The quantitative estimate of drug-likeness (QED) is 0.524. The van der Waals surface area contributed by atoms with Gasteiger partial charge in [-0.05, 0) is 42.5 Å². The molecule has 0 radical (unpaired) electrons. The van der Waals surface area contributed by atoms with Gasteiger partial charge in [-0.15, -0.1) is 0 Å². The molecule has 3 aromatic rings. The first kappa shape index (κ1) is 22.2. The third-order valence-electron chi connectivity index (χ3n) is 5.05. The van der Waals surface area contributed by atoms with E-state index in [4.69, 9.17) is 9.84 Å². The number of carbonyl (C=O) groups is 2. The molecule has 1 aromatic heterocycles. The molecule has 1 saturated heterocycles. The number of carbonyl (C=O) groups excluding carboxylic acids is 1. The maximum absolute atomic E-state index is 12.3. The van der Waals surface area contributed by atoms with Crippen LogP contribution in [0.25, 0.3) is 11.4 Å². The summed E-state index contributed by atoms with van der Waals surface area (Å²) < 4.78 is 5.41. The van der Waals surface area contributed by atoms with E-state index in [-0.39, 0.29) is 5.56 Å². The normalized spacial score (nSPS) is 13.4. The molecule has 33 heavy (non-hydrogen) atoms. The zero-order valence-electron chi connectivity index (χ0n) is 18.1. The molecule has 2 heterocycles. The Morgan fingerprint density at radius 1 is 1.00 bits per heavy atom. The van der Waals surface area contributed by atoms with Gasteiger partial charge in [-0.2, -0.15) is 9.97 Å². The fraction of sp³-hybridized carbons (Fsp3) is 0.261. The number of urea groups is 1.